The van der Waals surface area contributed by atoms with Crippen molar-refractivity contribution < 1.29 is 19.6 Å². The summed E-state index contributed by atoms with van der Waals surface area (Å²) < 4.78 is 1.93. The Balaban J connectivity index is 2.08. The van der Waals surface area contributed by atoms with Gasteiger partial charge in [-0.3, -0.25) is 29.1 Å². The number of nitro benzene ring substituents is 1. The Hall–Kier alpha value is -4.05. The standard InChI is InChI=1S/C22H16ClN3O7/c1-24-15-9-13(20(29)19-17(27)3-2-4-18(19)28)16(26(32)33)10-14(15)21(30)25(22(24)31)12-7-5-11(23)6-8-12/h5-10,29H,2-4H2,1H3. The zero-order valence-corrected chi connectivity index (χ0v) is 18.0. The molecule has 0 amide bonds. The summed E-state index contributed by atoms with van der Waals surface area (Å²) in [4.78, 5) is 61.6. The predicted octanol–water partition coefficient (Wildman–Crippen LogP) is 2.84. The van der Waals surface area contributed by atoms with Crippen LogP contribution in [-0.4, -0.2) is 30.7 Å². The van der Waals surface area contributed by atoms with Crippen molar-refractivity contribution in [2.75, 3.05) is 0 Å². The Morgan fingerprint density at radius 3 is 2.24 bits per heavy atom. The minimum atomic E-state index is -0.840. The summed E-state index contributed by atoms with van der Waals surface area (Å²) in [5.41, 5.74) is -2.99. The third-order valence-corrected chi connectivity index (χ3v) is 5.78. The van der Waals surface area contributed by atoms with Crippen molar-refractivity contribution in [3.8, 4) is 5.69 Å². The molecule has 0 bridgehead atoms. The maximum Gasteiger partial charge on any atom is 0.335 e. The number of hydrogen-bond acceptors (Lipinski definition) is 7. The van der Waals surface area contributed by atoms with E-state index in [1.165, 1.54) is 31.3 Å². The van der Waals surface area contributed by atoms with Crippen molar-refractivity contribution in [1.82, 2.24) is 9.13 Å². The van der Waals surface area contributed by atoms with Gasteiger partial charge in [0.1, 0.15) is 11.3 Å². The summed E-state index contributed by atoms with van der Waals surface area (Å²) in [6.45, 7) is 0. The number of Topliss-reactive ketones (excluding diaryl/α,β-unsaturated/α-hetero) is 2. The normalized spacial score (nSPS) is 14.1. The molecule has 4 rings (SSSR count). The van der Waals surface area contributed by atoms with Crippen LogP contribution >= 0.6 is 11.6 Å². The molecule has 0 spiro atoms. The summed E-state index contributed by atoms with van der Waals surface area (Å²) in [6, 6.07) is 7.88. The lowest BCUT2D eigenvalue weighted by atomic mass is 9.89. The lowest BCUT2D eigenvalue weighted by molar-refractivity contribution is -0.385. The van der Waals surface area contributed by atoms with Gasteiger partial charge in [0.05, 0.1) is 27.1 Å². The Morgan fingerprint density at radius 1 is 1.06 bits per heavy atom. The van der Waals surface area contributed by atoms with Gasteiger partial charge in [-0.15, -0.1) is 0 Å². The number of allylic oxidation sites excluding steroid dienone is 1. The van der Waals surface area contributed by atoms with Crippen molar-refractivity contribution in [2.45, 2.75) is 19.3 Å². The molecule has 0 unspecified atom stereocenters. The fraction of sp³-hybridized carbons (Fsp3) is 0.182. The third-order valence-electron chi connectivity index (χ3n) is 5.53. The van der Waals surface area contributed by atoms with E-state index in [4.69, 9.17) is 11.6 Å². The topological polar surface area (TPSA) is 142 Å². The van der Waals surface area contributed by atoms with Crippen LogP contribution in [0.25, 0.3) is 22.3 Å². The largest absolute Gasteiger partial charge is 0.506 e. The molecule has 0 radical (unpaired) electrons. The number of aromatic nitrogens is 2. The van der Waals surface area contributed by atoms with Crippen LogP contribution in [0.5, 0.6) is 0 Å². The Labute approximate surface area is 190 Å². The van der Waals surface area contributed by atoms with Crippen molar-refractivity contribution in [2.24, 2.45) is 7.05 Å². The molecule has 3 aromatic rings. The average molecular weight is 470 g/mol. The van der Waals surface area contributed by atoms with Gasteiger partial charge < -0.3 is 5.11 Å². The Morgan fingerprint density at radius 2 is 1.67 bits per heavy atom. The molecule has 33 heavy (non-hydrogen) atoms. The van der Waals surface area contributed by atoms with E-state index in [0.717, 1.165) is 21.3 Å². The van der Waals surface area contributed by atoms with Crippen LogP contribution in [0.3, 0.4) is 0 Å². The van der Waals surface area contributed by atoms with Crippen molar-refractivity contribution in [3.63, 3.8) is 0 Å². The number of nitro groups is 1. The summed E-state index contributed by atoms with van der Waals surface area (Å²) in [7, 11) is 1.35. The highest BCUT2D eigenvalue weighted by atomic mass is 35.5. The molecule has 1 aliphatic rings. The first-order chi connectivity index (χ1) is 15.6. The molecule has 0 aliphatic heterocycles. The summed E-state index contributed by atoms with van der Waals surface area (Å²) in [6.07, 6.45) is 0.376. The number of ketones is 2. The number of fused-ring (bicyclic) bond motifs is 1. The number of nitrogens with zero attached hydrogens (tertiary/aromatic N) is 3. The molecule has 1 saturated carbocycles. The van der Waals surface area contributed by atoms with E-state index in [1.807, 2.05) is 0 Å². The molecular formula is C22H16ClN3O7. The molecule has 0 atom stereocenters. The number of halogens is 1. The van der Waals surface area contributed by atoms with E-state index >= 15 is 0 Å². The number of carbonyl (C=O) groups is 2. The van der Waals surface area contributed by atoms with Gasteiger partial charge >= 0.3 is 5.69 Å². The first-order valence-corrected chi connectivity index (χ1v) is 10.2. The first-order valence-electron chi connectivity index (χ1n) is 9.82. The highest BCUT2D eigenvalue weighted by Gasteiger charge is 2.31. The van der Waals surface area contributed by atoms with Gasteiger partial charge in [0.2, 0.25) is 0 Å². The van der Waals surface area contributed by atoms with Gasteiger partial charge in [0, 0.05) is 31.0 Å². The number of aliphatic hydroxyl groups excluding tert-OH is 1. The second-order valence-electron chi connectivity index (χ2n) is 7.53. The van der Waals surface area contributed by atoms with Crippen molar-refractivity contribution >= 4 is 45.5 Å². The molecule has 2 aromatic carbocycles. The van der Waals surface area contributed by atoms with Gasteiger partial charge in [0.15, 0.2) is 11.6 Å². The Kier molecular flexibility index (Phi) is 5.46. The van der Waals surface area contributed by atoms with Crippen LogP contribution in [0.1, 0.15) is 24.8 Å². The Bertz CT molecular complexity index is 1500. The molecule has 10 nitrogen and oxygen atoms in total. The molecular weight excluding hydrogens is 454 g/mol. The fourth-order valence-electron chi connectivity index (χ4n) is 3.86. The maximum absolute atomic E-state index is 13.2. The van der Waals surface area contributed by atoms with E-state index < -0.39 is 50.3 Å². The SMILES string of the molecule is Cn1c(=O)n(-c2ccc(Cl)cc2)c(=O)c2cc([N+](=O)[O-])c(C(O)=C3C(=O)CCCC3=O)cc21. The van der Waals surface area contributed by atoms with Crippen molar-refractivity contribution in [3.05, 3.63) is 83.5 Å². The summed E-state index contributed by atoms with van der Waals surface area (Å²) >= 11 is 5.87. The van der Waals surface area contributed by atoms with Gasteiger partial charge in [-0.2, -0.15) is 0 Å². The molecule has 11 heteroatoms. The zero-order valence-electron chi connectivity index (χ0n) is 17.2. The average Bonchev–Trinajstić information content (AvgIpc) is 2.77. The number of rotatable bonds is 3. The van der Waals surface area contributed by atoms with Gasteiger partial charge in [-0.25, -0.2) is 9.36 Å². The first kappa shape index (κ1) is 22.2. The molecule has 1 aromatic heterocycles. The minimum Gasteiger partial charge on any atom is -0.506 e. The van der Waals surface area contributed by atoms with Crippen LogP contribution < -0.4 is 11.2 Å². The van der Waals surface area contributed by atoms with E-state index in [1.54, 1.807) is 0 Å². The van der Waals surface area contributed by atoms with Crippen LogP contribution in [0.15, 0.2) is 51.6 Å². The molecule has 1 fully saturated rings. The van der Waals surface area contributed by atoms with Gasteiger partial charge in [-0.05, 0) is 36.8 Å². The van der Waals surface area contributed by atoms with E-state index in [2.05, 4.69) is 0 Å². The lowest BCUT2D eigenvalue weighted by Crippen LogP contribution is -2.38. The molecule has 0 saturated heterocycles. The lowest BCUT2D eigenvalue weighted by Gasteiger charge is -2.15. The smallest absolute Gasteiger partial charge is 0.335 e. The number of aliphatic hydroxyl groups is 1. The highest BCUT2D eigenvalue weighted by Crippen LogP contribution is 2.32. The van der Waals surface area contributed by atoms with E-state index in [9.17, 15) is 34.4 Å². The zero-order chi connectivity index (χ0) is 24.0. The van der Waals surface area contributed by atoms with Crippen LogP contribution in [0.2, 0.25) is 5.02 Å². The number of benzene rings is 2. The molecule has 1 heterocycles. The van der Waals surface area contributed by atoms with Gasteiger partial charge in [0.25, 0.3) is 11.2 Å². The minimum absolute atomic E-state index is 0.0151. The molecule has 1 aliphatic carbocycles. The monoisotopic (exact) mass is 469 g/mol. The van der Waals surface area contributed by atoms with E-state index in [0.29, 0.717) is 11.4 Å². The molecule has 168 valence electrons. The summed E-state index contributed by atoms with van der Waals surface area (Å²) in [5.74, 6) is -2.08. The number of aryl methyl sites for hydroxylation is 1. The van der Waals surface area contributed by atoms with Crippen LogP contribution in [0.4, 0.5) is 5.69 Å². The van der Waals surface area contributed by atoms with E-state index in [-0.39, 0.29) is 29.4 Å². The number of carbonyl (C=O) groups excluding carboxylic acids is 2. The molecule has 1 N–H and O–H groups in total. The van der Waals surface area contributed by atoms with Crippen LogP contribution in [0, 0.1) is 10.1 Å². The third kappa shape index (κ3) is 3.64. The second-order valence-corrected chi connectivity index (χ2v) is 7.96. The quantitative estimate of drug-likeness (QED) is 0.204. The summed E-state index contributed by atoms with van der Waals surface area (Å²) in [5, 5.41) is 22.7. The van der Waals surface area contributed by atoms with Crippen molar-refractivity contribution in [1.29, 1.82) is 0 Å². The highest BCUT2D eigenvalue weighted by molar-refractivity contribution is 6.30. The fourth-order valence-corrected chi connectivity index (χ4v) is 3.98. The second kappa shape index (κ2) is 8.14. The maximum atomic E-state index is 13.2. The van der Waals surface area contributed by atoms with Crippen LogP contribution in [-0.2, 0) is 16.6 Å². The predicted molar refractivity (Wildman–Crippen MR) is 120 cm³/mol. The number of hydrogen-bond donors (Lipinski definition) is 1. The van der Waals surface area contributed by atoms with Gasteiger partial charge in [-0.1, -0.05) is 11.6 Å².